The van der Waals surface area contributed by atoms with Crippen LogP contribution in [0.15, 0.2) is 53.1 Å². The number of aromatic nitrogens is 5. The Labute approximate surface area is 166 Å². The number of aromatic amines is 1. The van der Waals surface area contributed by atoms with Gasteiger partial charge in [-0.1, -0.05) is 23.4 Å². The molecule has 1 aliphatic rings. The maximum atomic E-state index is 13.1. The zero-order chi connectivity index (χ0) is 19.8. The van der Waals surface area contributed by atoms with Crippen molar-refractivity contribution in [1.82, 2.24) is 30.3 Å². The van der Waals surface area contributed by atoms with Crippen LogP contribution < -0.4 is 4.90 Å². The number of hydrogen-bond donors (Lipinski definition) is 1. The Hall–Kier alpha value is -3.75. The molecule has 4 heterocycles. The Morgan fingerprint density at radius 3 is 2.79 bits per heavy atom. The van der Waals surface area contributed by atoms with E-state index in [4.69, 9.17) is 4.42 Å². The zero-order valence-electron chi connectivity index (χ0n) is 15.8. The lowest BCUT2D eigenvalue weighted by Crippen LogP contribution is -2.51. The molecule has 0 bridgehead atoms. The van der Waals surface area contributed by atoms with Crippen LogP contribution in [0.5, 0.6) is 0 Å². The van der Waals surface area contributed by atoms with Gasteiger partial charge in [0.1, 0.15) is 5.69 Å². The summed E-state index contributed by atoms with van der Waals surface area (Å²) in [5.74, 6) is -0.0342. The number of benzene rings is 1. The van der Waals surface area contributed by atoms with E-state index in [1.165, 1.54) is 0 Å². The third-order valence-electron chi connectivity index (χ3n) is 5.09. The highest BCUT2D eigenvalue weighted by atomic mass is 16.4. The van der Waals surface area contributed by atoms with Crippen LogP contribution in [-0.2, 0) is 0 Å². The molecule has 1 unspecified atom stereocenters. The van der Waals surface area contributed by atoms with Crippen LogP contribution in [0.1, 0.15) is 27.8 Å². The molecule has 29 heavy (non-hydrogen) atoms. The van der Waals surface area contributed by atoms with Crippen molar-refractivity contribution in [1.29, 1.82) is 0 Å². The van der Waals surface area contributed by atoms with Gasteiger partial charge in [0.05, 0.1) is 6.04 Å². The monoisotopic (exact) mass is 389 g/mol. The normalized spacial score (nSPS) is 17.1. The summed E-state index contributed by atoms with van der Waals surface area (Å²) in [6, 6.07) is 13.3. The molecule has 1 atom stereocenters. The van der Waals surface area contributed by atoms with Crippen LogP contribution in [-0.4, -0.2) is 55.8 Å². The largest absolute Gasteiger partial charge is 0.422 e. The highest BCUT2D eigenvalue weighted by Crippen LogP contribution is 2.29. The minimum Gasteiger partial charge on any atom is -0.422 e. The number of aryl methyl sites for hydroxylation is 1. The molecule has 3 aromatic heterocycles. The Bertz CT molecular complexity index is 1140. The van der Waals surface area contributed by atoms with Gasteiger partial charge in [0, 0.05) is 37.1 Å². The van der Waals surface area contributed by atoms with Crippen LogP contribution in [0.3, 0.4) is 0 Å². The average molecular weight is 389 g/mol. The summed E-state index contributed by atoms with van der Waals surface area (Å²) >= 11 is 0. The summed E-state index contributed by atoms with van der Waals surface area (Å²) in [5, 5.41) is 10.7. The van der Waals surface area contributed by atoms with Gasteiger partial charge in [-0.3, -0.25) is 9.89 Å². The second kappa shape index (κ2) is 7.01. The van der Waals surface area contributed by atoms with E-state index in [9.17, 15) is 4.79 Å². The standard InChI is InChI=1S/C20H19N7O2/c1-13-7-8-17-18(22-13)23-20(29-17)26-9-10-27(16(12-26)15-11-21-25-24-15)19(28)14-5-3-2-4-6-14/h2-8,11,16H,9-10,12H2,1H3,(H,21,24,25). The van der Waals surface area contributed by atoms with Gasteiger partial charge in [0.15, 0.2) is 5.58 Å². The van der Waals surface area contributed by atoms with Gasteiger partial charge in [-0.15, -0.1) is 5.10 Å². The summed E-state index contributed by atoms with van der Waals surface area (Å²) in [5.41, 5.74) is 3.46. The Morgan fingerprint density at radius 1 is 1.14 bits per heavy atom. The zero-order valence-corrected chi connectivity index (χ0v) is 15.8. The van der Waals surface area contributed by atoms with Gasteiger partial charge in [-0.2, -0.15) is 4.98 Å². The summed E-state index contributed by atoms with van der Waals surface area (Å²) in [6.07, 6.45) is 1.72. The van der Waals surface area contributed by atoms with E-state index in [-0.39, 0.29) is 11.9 Å². The summed E-state index contributed by atoms with van der Waals surface area (Å²) in [7, 11) is 0. The first-order valence-corrected chi connectivity index (χ1v) is 9.40. The highest BCUT2D eigenvalue weighted by Gasteiger charge is 2.35. The molecule has 1 N–H and O–H groups in total. The number of pyridine rings is 1. The number of hydrogen-bond acceptors (Lipinski definition) is 7. The predicted molar refractivity (Wildman–Crippen MR) is 105 cm³/mol. The molecular weight excluding hydrogens is 370 g/mol. The van der Waals surface area contributed by atoms with Gasteiger partial charge in [-0.25, -0.2) is 4.98 Å². The first-order valence-electron chi connectivity index (χ1n) is 9.40. The van der Waals surface area contributed by atoms with E-state index < -0.39 is 0 Å². The average Bonchev–Trinajstić information content (AvgIpc) is 3.43. The Kier molecular flexibility index (Phi) is 4.19. The van der Waals surface area contributed by atoms with Crippen molar-refractivity contribution in [3.8, 4) is 0 Å². The third kappa shape index (κ3) is 3.20. The predicted octanol–water partition coefficient (Wildman–Crippen LogP) is 2.35. The molecule has 1 aromatic carbocycles. The van der Waals surface area contributed by atoms with Crippen molar-refractivity contribution in [2.75, 3.05) is 24.5 Å². The number of anilines is 1. The first-order chi connectivity index (χ1) is 14.2. The van der Waals surface area contributed by atoms with Crippen molar-refractivity contribution in [3.63, 3.8) is 0 Å². The number of oxazole rings is 1. The number of amides is 1. The molecule has 0 saturated carbocycles. The van der Waals surface area contributed by atoms with Crippen molar-refractivity contribution < 1.29 is 9.21 Å². The van der Waals surface area contributed by atoms with Crippen LogP contribution in [0, 0.1) is 6.92 Å². The Morgan fingerprint density at radius 2 is 2.00 bits per heavy atom. The number of nitrogens with one attached hydrogen (secondary N) is 1. The maximum absolute atomic E-state index is 13.1. The molecule has 0 spiro atoms. The smallest absolute Gasteiger partial charge is 0.300 e. The number of carbonyl (C=O) groups excluding carboxylic acids is 1. The van der Waals surface area contributed by atoms with Gasteiger partial charge in [-0.05, 0) is 31.2 Å². The minimum atomic E-state index is -0.278. The minimum absolute atomic E-state index is 0.0342. The highest BCUT2D eigenvalue weighted by molar-refractivity contribution is 5.94. The number of rotatable bonds is 3. The fraction of sp³-hybridized carbons (Fsp3) is 0.250. The van der Waals surface area contributed by atoms with Gasteiger partial charge < -0.3 is 14.2 Å². The van der Waals surface area contributed by atoms with E-state index in [0.717, 1.165) is 5.69 Å². The van der Waals surface area contributed by atoms with Crippen LogP contribution in [0.25, 0.3) is 11.2 Å². The fourth-order valence-electron chi connectivity index (χ4n) is 3.61. The molecule has 0 radical (unpaired) electrons. The number of piperazine rings is 1. The van der Waals surface area contributed by atoms with Gasteiger partial charge in [0.2, 0.25) is 5.65 Å². The summed E-state index contributed by atoms with van der Waals surface area (Å²) in [4.78, 5) is 25.9. The number of nitrogens with zero attached hydrogens (tertiary/aromatic N) is 6. The van der Waals surface area contributed by atoms with Crippen molar-refractivity contribution in [3.05, 3.63) is 65.6 Å². The van der Waals surface area contributed by atoms with E-state index in [1.54, 1.807) is 6.20 Å². The molecule has 9 heteroatoms. The molecule has 1 fully saturated rings. The van der Waals surface area contributed by atoms with Crippen LogP contribution >= 0.6 is 0 Å². The molecule has 5 rings (SSSR count). The Balaban J connectivity index is 1.46. The number of H-pyrrole nitrogens is 1. The lowest BCUT2D eigenvalue weighted by molar-refractivity contribution is 0.0647. The molecule has 1 saturated heterocycles. The lowest BCUT2D eigenvalue weighted by atomic mass is 10.1. The lowest BCUT2D eigenvalue weighted by Gasteiger charge is -2.39. The molecule has 9 nitrogen and oxygen atoms in total. The quantitative estimate of drug-likeness (QED) is 0.573. The molecule has 1 amide bonds. The summed E-state index contributed by atoms with van der Waals surface area (Å²) in [6.45, 7) is 3.52. The van der Waals surface area contributed by atoms with Crippen LogP contribution in [0.2, 0.25) is 0 Å². The van der Waals surface area contributed by atoms with Crippen molar-refractivity contribution >= 4 is 23.2 Å². The first kappa shape index (κ1) is 17.4. The van der Waals surface area contributed by atoms with E-state index in [2.05, 4.69) is 25.4 Å². The topological polar surface area (TPSA) is 104 Å². The number of fused-ring (bicyclic) bond motifs is 1. The SMILES string of the molecule is Cc1ccc2oc(N3CCN(C(=O)c4ccccc4)C(c4c[nH]nn4)C3)nc2n1. The molecular formula is C20H19N7O2. The second-order valence-corrected chi connectivity index (χ2v) is 7.00. The molecule has 1 aliphatic heterocycles. The molecule has 4 aromatic rings. The maximum Gasteiger partial charge on any atom is 0.300 e. The second-order valence-electron chi connectivity index (χ2n) is 7.00. The van der Waals surface area contributed by atoms with E-state index in [0.29, 0.717) is 48.1 Å². The van der Waals surface area contributed by atoms with Crippen molar-refractivity contribution in [2.45, 2.75) is 13.0 Å². The van der Waals surface area contributed by atoms with Gasteiger partial charge >= 0.3 is 0 Å². The molecule has 0 aliphatic carbocycles. The third-order valence-corrected chi connectivity index (χ3v) is 5.09. The fourth-order valence-corrected chi connectivity index (χ4v) is 3.61. The van der Waals surface area contributed by atoms with Crippen molar-refractivity contribution in [2.24, 2.45) is 0 Å². The van der Waals surface area contributed by atoms with E-state index in [1.807, 2.05) is 59.2 Å². The van der Waals surface area contributed by atoms with E-state index >= 15 is 0 Å². The van der Waals surface area contributed by atoms with Crippen LogP contribution in [0.4, 0.5) is 6.01 Å². The summed E-state index contributed by atoms with van der Waals surface area (Å²) < 4.78 is 5.91. The number of carbonyl (C=O) groups is 1. The molecule has 146 valence electrons. The van der Waals surface area contributed by atoms with Gasteiger partial charge in [0.25, 0.3) is 11.9 Å².